The molecule has 84 valence electrons. The zero-order chi connectivity index (χ0) is 11.8. The topological polar surface area (TPSA) is 73.1 Å². The lowest BCUT2D eigenvalue weighted by Gasteiger charge is -2.07. The van der Waals surface area contributed by atoms with Crippen LogP contribution in [-0.4, -0.2) is 13.4 Å². The van der Waals surface area contributed by atoms with Crippen molar-refractivity contribution < 1.29 is 17.2 Å². The van der Waals surface area contributed by atoms with Gasteiger partial charge in [-0.3, -0.25) is 0 Å². The minimum absolute atomic E-state index is 0.0664. The summed E-state index contributed by atoms with van der Waals surface area (Å²) >= 11 is 7.08. The molecular formula is C6H4ClF2IN2O2S. The number of nitrogens with two attached hydrogens (primary N) is 1. The van der Waals surface area contributed by atoms with Crippen LogP contribution in [0.15, 0.2) is 11.2 Å². The number of alkyl halides is 2. The molecule has 9 heteroatoms. The van der Waals surface area contributed by atoms with Crippen LogP contribution in [0.5, 0.6) is 0 Å². The smallest absolute Gasteiger partial charge is 0.242 e. The van der Waals surface area contributed by atoms with Gasteiger partial charge in [0.15, 0.2) is 5.03 Å². The summed E-state index contributed by atoms with van der Waals surface area (Å²) in [4.78, 5) is 3.30. The number of hydrogen-bond acceptors (Lipinski definition) is 3. The predicted molar refractivity (Wildman–Crippen MR) is 58.3 cm³/mol. The van der Waals surface area contributed by atoms with Crippen LogP contribution in [0.3, 0.4) is 0 Å². The fourth-order valence-corrected chi connectivity index (χ4v) is 2.66. The average Bonchev–Trinajstić information content (AvgIpc) is 2.06. The molecule has 15 heavy (non-hydrogen) atoms. The van der Waals surface area contributed by atoms with Gasteiger partial charge in [0, 0.05) is 9.77 Å². The number of sulfonamides is 1. The highest BCUT2D eigenvalue weighted by molar-refractivity contribution is 14.1. The second-order valence-corrected chi connectivity index (χ2v) is 5.43. The monoisotopic (exact) mass is 368 g/mol. The third kappa shape index (κ3) is 2.74. The first kappa shape index (κ1) is 13.0. The van der Waals surface area contributed by atoms with E-state index in [-0.39, 0.29) is 8.59 Å². The van der Waals surface area contributed by atoms with Crippen molar-refractivity contribution in [3.05, 3.63) is 20.4 Å². The lowest BCUT2D eigenvalue weighted by atomic mass is 10.3. The van der Waals surface area contributed by atoms with Crippen LogP contribution in [0.2, 0.25) is 5.02 Å². The third-order valence-corrected chi connectivity index (χ3v) is 4.27. The number of aromatic nitrogens is 1. The summed E-state index contributed by atoms with van der Waals surface area (Å²) < 4.78 is 46.5. The highest BCUT2D eigenvalue weighted by Crippen LogP contribution is 2.31. The van der Waals surface area contributed by atoms with Gasteiger partial charge in [-0.25, -0.2) is 27.3 Å². The van der Waals surface area contributed by atoms with Gasteiger partial charge in [-0.15, -0.1) is 0 Å². The van der Waals surface area contributed by atoms with E-state index in [4.69, 9.17) is 16.7 Å². The van der Waals surface area contributed by atoms with Gasteiger partial charge >= 0.3 is 0 Å². The van der Waals surface area contributed by atoms with Crippen molar-refractivity contribution in [1.82, 2.24) is 4.98 Å². The van der Waals surface area contributed by atoms with Crippen molar-refractivity contribution in [1.29, 1.82) is 0 Å². The molecule has 0 saturated heterocycles. The summed E-state index contributed by atoms with van der Waals surface area (Å²) in [5, 5.41) is 3.81. The maximum atomic E-state index is 12.4. The average molecular weight is 369 g/mol. The van der Waals surface area contributed by atoms with Crippen LogP contribution in [0.1, 0.15) is 12.0 Å². The molecule has 0 aliphatic heterocycles. The number of nitrogens with zero attached hydrogens (tertiary/aromatic N) is 1. The van der Waals surface area contributed by atoms with E-state index in [0.29, 0.717) is 0 Å². The predicted octanol–water partition coefficient (Wildman–Crippen LogP) is 1.92. The van der Waals surface area contributed by atoms with Crippen LogP contribution < -0.4 is 5.14 Å². The molecule has 0 atom stereocenters. The van der Waals surface area contributed by atoms with Crippen LogP contribution in [0.4, 0.5) is 8.78 Å². The van der Waals surface area contributed by atoms with Crippen LogP contribution in [-0.2, 0) is 10.0 Å². The van der Waals surface area contributed by atoms with Gasteiger partial charge in [-0.05, 0) is 22.6 Å². The number of rotatable bonds is 2. The maximum Gasteiger partial charge on any atom is 0.266 e. The highest BCUT2D eigenvalue weighted by Gasteiger charge is 2.22. The second-order valence-electron chi connectivity index (χ2n) is 2.49. The molecule has 1 aromatic heterocycles. The number of halogens is 4. The van der Waals surface area contributed by atoms with E-state index in [9.17, 15) is 17.2 Å². The van der Waals surface area contributed by atoms with Crippen LogP contribution >= 0.6 is 34.2 Å². The van der Waals surface area contributed by atoms with Gasteiger partial charge in [0.05, 0.1) is 10.6 Å². The quantitative estimate of drug-likeness (QED) is 0.811. The molecule has 0 bridgehead atoms. The lowest BCUT2D eigenvalue weighted by molar-refractivity contribution is 0.150. The maximum absolute atomic E-state index is 12.4. The van der Waals surface area contributed by atoms with E-state index in [0.717, 1.165) is 6.20 Å². The van der Waals surface area contributed by atoms with Crippen molar-refractivity contribution in [3.8, 4) is 0 Å². The molecule has 0 saturated carbocycles. The first-order valence-electron chi connectivity index (χ1n) is 3.40. The Morgan fingerprint density at radius 1 is 1.53 bits per heavy atom. The molecule has 0 aromatic carbocycles. The zero-order valence-electron chi connectivity index (χ0n) is 6.92. The Hall–Kier alpha value is -0.0600. The van der Waals surface area contributed by atoms with E-state index in [2.05, 4.69) is 4.98 Å². The molecule has 0 spiro atoms. The van der Waals surface area contributed by atoms with E-state index in [1.807, 2.05) is 0 Å². The second kappa shape index (κ2) is 4.44. The molecular weight excluding hydrogens is 364 g/mol. The molecule has 0 aliphatic carbocycles. The Balaban J connectivity index is 3.48. The first-order valence-corrected chi connectivity index (χ1v) is 6.40. The third-order valence-electron chi connectivity index (χ3n) is 1.46. The minimum Gasteiger partial charge on any atom is -0.242 e. The Morgan fingerprint density at radius 3 is 2.47 bits per heavy atom. The molecule has 0 radical (unpaired) electrons. The molecule has 1 heterocycles. The van der Waals surface area contributed by atoms with Crippen LogP contribution in [0, 0.1) is 3.57 Å². The van der Waals surface area contributed by atoms with Gasteiger partial charge in [-0.2, -0.15) is 0 Å². The summed E-state index contributed by atoms with van der Waals surface area (Å²) in [5.41, 5.74) is -0.423. The normalized spacial score (nSPS) is 12.1. The Kier molecular flexibility index (Phi) is 3.85. The standard InChI is InChI=1S/C6H4ClF2IN2O2S/c7-3-4(10)2(5(8)9)1-12-6(3)15(11,13)14/h1,5H,(H2,11,13,14). The first-order chi connectivity index (χ1) is 6.75. The van der Waals surface area contributed by atoms with Crippen molar-refractivity contribution >= 4 is 44.2 Å². The summed E-state index contributed by atoms with van der Waals surface area (Å²) in [6, 6.07) is 0. The fraction of sp³-hybridized carbons (Fsp3) is 0.167. The molecule has 0 amide bonds. The van der Waals surface area contributed by atoms with Crippen molar-refractivity contribution in [3.63, 3.8) is 0 Å². The molecule has 0 fully saturated rings. The van der Waals surface area contributed by atoms with Gasteiger partial charge in [0.25, 0.3) is 16.4 Å². The summed E-state index contributed by atoms with van der Waals surface area (Å²) in [6.07, 6.45) is -2.02. The Morgan fingerprint density at radius 2 is 2.07 bits per heavy atom. The Labute approximate surface area is 103 Å². The molecule has 4 nitrogen and oxygen atoms in total. The zero-order valence-corrected chi connectivity index (χ0v) is 10.6. The molecule has 0 aliphatic rings. The van der Waals surface area contributed by atoms with E-state index in [1.165, 1.54) is 22.6 Å². The van der Waals surface area contributed by atoms with E-state index in [1.54, 1.807) is 0 Å². The van der Waals surface area contributed by atoms with Gasteiger partial charge < -0.3 is 0 Å². The Bertz CT molecular complexity index is 494. The molecule has 2 N–H and O–H groups in total. The van der Waals surface area contributed by atoms with Gasteiger partial charge in [-0.1, -0.05) is 11.6 Å². The SMILES string of the molecule is NS(=O)(=O)c1ncc(C(F)F)c(I)c1Cl. The lowest BCUT2D eigenvalue weighted by Crippen LogP contribution is -2.15. The molecule has 0 unspecified atom stereocenters. The van der Waals surface area contributed by atoms with Crippen molar-refractivity contribution in [2.75, 3.05) is 0 Å². The van der Waals surface area contributed by atoms with Crippen molar-refractivity contribution in [2.24, 2.45) is 5.14 Å². The fourth-order valence-electron chi connectivity index (χ4n) is 0.813. The minimum atomic E-state index is -4.09. The summed E-state index contributed by atoms with van der Waals surface area (Å²) in [6.45, 7) is 0. The van der Waals surface area contributed by atoms with Crippen LogP contribution in [0.25, 0.3) is 0 Å². The van der Waals surface area contributed by atoms with E-state index >= 15 is 0 Å². The highest BCUT2D eigenvalue weighted by atomic mass is 127. The number of primary sulfonamides is 1. The van der Waals surface area contributed by atoms with E-state index < -0.39 is 27.0 Å². The summed E-state index contributed by atoms with van der Waals surface area (Å²) in [7, 11) is -4.09. The largest absolute Gasteiger partial charge is 0.266 e. The summed E-state index contributed by atoms with van der Waals surface area (Å²) in [5.74, 6) is 0. The molecule has 1 rings (SSSR count). The van der Waals surface area contributed by atoms with Crippen molar-refractivity contribution in [2.45, 2.75) is 11.5 Å². The van der Waals surface area contributed by atoms with Gasteiger partial charge in [0.1, 0.15) is 0 Å². The number of pyridine rings is 1. The number of hydrogen-bond donors (Lipinski definition) is 1. The van der Waals surface area contributed by atoms with Gasteiger partial charge in [0.2, 0.25) is 0 Å². The molecule has 1 aromatic rings.